The molecule has 0 bridgehead atoms. The van der Waals surface area contributed by atoms with Gasteiger partial charge in [-0.2, -0.15) is 0 Å². The van der Waals surface area contributed by atoms with Crippen LogP contribution in [0.15, 0.2) is 0 Å². The summed E-state index contributed by atoms with van der Waals surface area (Å²) in [5.41, 5.74) is 4.25. The van der Waals surface area contributed by atoms with Crippen molar-refractivity contribution in [3.05, 3.63) is 7.05 Å². The molecule has 2 nitrogen and oxygen atoms in total. The van der Waals surface area contributed by atoms with Crippen LogP contribution in [0.4, 0.5) is 0 Å². The summed E-state index contributed by atoms with van der Waals surface area (Å²) in [6, 6.07) is 0. The van der Waals surface area contributed by atoms with E-state index in [0.29, 0.717) is 0 Å². The molecule has 0 aliphatic rings. The highest BCUT2D eigenvalue weighted by atomic mass is 15.0. The first-order valence-corrected chi connectivity index (χ1v) is 1.75. The van der Waals surface area contributed by atoms with E-state index >= 15 is 0 Å². The lowest BCUT2D eigenvalue weighted by atomic mass is 11.0. The van der Waals surface area contributed by atoms with Crippen LogP contribution in [0, 0.1) is 7.05 Å². The summed E-state index contributed by atoms with van der Waals surface area (Å²) in [5.74, 6) is 0. The molecule has 0 aromatic rings. The highest BCUT2D eigenvalue weighted by Crippen LogP contribution is 1.47. The standard InChI is InChI=1S/C3H9N.CH4N/c1-4(2)3;1-2/h1-3H3;1-2H2. The minimum absolute atomic E-state index is 2.00. The monoisotopic (exact) mass is 89.1 g/mol. The van der Waals surface area contributed by atoms with Crippen LogP contribution in [0.1, 0.15) is 0 Å². The van der Waals surface area contributed by atoms with E-state index in [1.54, 1.807) is 0 Å². The van der Waals surface area contributed by atoms with Crippen molar-refractivity contribution in [2.24, 2.45) is 5.73 Å². The molecule has 39 valence electrons. The van der Waals surface area contributed by atoms with E-state index < -0.39 is 0 Å². The molecule has 2 N–H and O–H groups in total. The normalized spacial score (nSPS) is 7.00. The number of rotatable bonds is 0. The van der Waals surface area contributed by atoms with Crippen molar-refractivity contribution in [2.45, 2.75) is 0 Å². The summed E-state index contributed by atoms with van der Waals surface area (Å²) in [7, 11) is 8.75. The van der Waals surface area contributed by atoms with Crippen LogP contribution in [0.5, 0.6) is 0 Å². The van der Waals surface area contributed by atoms with Crippen LogP contribution in [0.2, 0.25) is 0 Å². The van der Waals surface area contributed by atoms with Gasteiger partial charge in [-0.05, 0) is 21.1 Å². The fourth-order valence-electron chi connectivity index (χ4n) is 0. The molecule has 0 rings (SSSR count). The Balaban J connectivity index is 0. The maximum absolute atomic E-state index is 4.25. The fourth-order valence-corrected chi connectivity index (χ4v) is 0. The summed E-state index contributed by atoms with van der Waals surface area (Å²) in [4.78, 5) is 2.00. The summed E-state index contributed by atoms with van der Waals surface area (Å²) >= 11 is 0. The molecule has 0 heterocycles. The predicted molar refractivity (Wildman–Crippen MR) is 29.2 cm³/mol. The third-order valence-corrected chi connectivity index (χ3v) is 0. The van der Waals surface area contributed by atoms with Crippen molar-refractivity contribution in [2.75, 3.05) is 21.1 Å². The summed E-state index contributed by atoms with van der Waals surface area (Å²) < 4.78 is 0. The van der Waals surface area contributed by atoms with Gasteiger partial charge < -0.3 is 10.6 Å². The van der Waals surface area contributed by atoms with E-state index in [9.17, 15) is 0 Å². The number of hydrogen-bond acceptors (Lipinski definition) is 2. The molecule has 0 aliphatic heterocycles. The van der Waals surface area contributed by atoms with Crippen molar-refractivity contribution in [3.8, 4) is 0 Å². The highest BCUT2D eigenvalue weighted by Gasteiger charge is 1.58. The second kappa shape index (κ2) is 8.87. The number of hydrogen-bond donors (Lipinski definition) is 1. The van der Waals surface area contributed by atoms with Crippen LogP contribution in [0.25, 0.3) is 0 Å². The molecular formula is C4H13N2. The molecule has 1 radical (unpaired) electrons. The molecule has 0 fully saturated rings. The van der Waals surface area contributed by atoms with Crippen molar-refractivity contribution < 1.29 is 0 Å². The third-order valence-electron chi connectivity index (χ3n) is 0. The van der Waals surface area contributed by atoms with Crippen molar-refractivity contribution in [1.82, 2.24) is 4.90 Å². The maximum Gasteiger partial charge on any atom is 0.00461 e. The predicted octanol–water partition coefficient (Wildman–Crippen LogP) is -0.0855. The van der Waals surface area contributed by atoms with Gasteiger partial charge in [0.2, 0.25) is 0 Å². The molecule has 0 saturated carbocycles. The third kappa shape index (κ3) is 5220. The van der Waals surface area contributed by atoms with E-state index in [0.717, 1.165) is 0 Å². The van der Waals surface area contributed by atoms with Crippen molar-refractivity contribution in [1.29, 1.82) is 0 Å². The van der Waals surface area contributed by atoms with Gasteiger partial charge in [0, 0.05) is 7.05 Å². The SMILES string of the molecule is CN(C)C.[CH2]N. The van der Waals surface area contributed by atoms with Gasteiger partial charge in [0.25, 0.3) is 0 Å². The zero-order chi connectivity index (χ0) is 5.58. The zero-order valence-corrected chi connectivity index (χ0v) is 4.73. The average molecular weight is 89.2 g/mol. The summed E-state index contributed by atoms with van der Waals surface area (Å²) in [6.07, 6.45) is 0. The van der Waals surface area contributed by atoms with Gasteiger partial charge in [0.15, 0.2) is 0 Å². The minimum Gasteiger partial charge on any atom is -0.329 e. The summed E-state index contributed by atoms with van der Waals surface area (Å²) in [5, 5.41) is 0. The second-order valence-corrected chi connectivity index (χ2v) is 1.34. The van der Waals surface area contributed by atoms with Crippen LogP contribution in [-0.4, -0.2) is 26.0 Å². The maximum atomic E-state index is 4.25. The molecule has 0 aromatic heterocycles. The smallest absolute Gasteiger partial charge is 0.00461 e. The zero-order valence-electron chi connectivity index (χ0n) is 4.73. The van der Waals surface area contributed by atoms with Crippen LogP contribution in [-0.2, 0) is 0 Å². The Bertz CT molecular complexity index is 10.3. The van der Waals surface area contributed by atoms with Gasteiger partial charge in [-0.25, -0.2) is 0 Å². The molecular weight excluding hydrogens is 76.1 g/mol. The van der Waals surface area contributed by atoms with Crippen LogP contribution >= 0.6 is 0 Å². The van der Waals surface area contributed by atoms with Gasteiger partial charge in [-0.15, -0.1) is 0 Å². The number of nitrogens with two attached hydrogens (primary N) is 1. The Kier molecular flexibility index (Phi) is 13.8. The molecule has 0 unspecified atom stereocenters. The Hall–Kier alpha value is -0.0800. The molecule has 0 atom stereocenters. The van der Waals surface area contributed by atoms with Gasteiger partial charge in [0.05, 0.1) is 0 Å². The Morgan fingerprint density at radius 3 is 1.17 bits per heavy atom. The topological polar surface area (TPSA) is 29.3 Å². The van der Waals surface area contributed by atoms with Gasteiger partial charge in [-0.1, -0.05) is 0 Å². The fraction of sp³-hybridized carbons (Fsp3) is 0.750. The molecule has 0 spiro atoms. The lowest BCUT2D eigenvalue weighted by Crippen LogP contribution is -1.99. The Labute approximate surface area is 39.9 Å². The van der Waals surface area contributed by atoms with E-state index in [-0.39, 0.29) is 0 Å². The van der Waals surface area contributed by atoms with Crippen LogP contribution < -0.4 is 5.73 Å². The van der Waals surface area contributed by atoms with Gasteiger partial charge >= 0.3 is 0 Å². The lowest BCUT2D eigenvalue weighted by Gasteiger charge is -1.90. The Morgan fingerprint density at radius 1 is 1.17 bits per heavy atom. The first kappa shape index (κ1) is 9.33. The molecule has 2 heteroatoms. The average Bonchev–Trinajstić information content (AvgIpc) is 1.41. The lowest BCUT2D eigenvalue weighted by molar-refractivity contribution is 0.505. The van der Waals surface area contributed by atoms with E-state index in [1.165, 1.54) is 0 Å². The molecule has 0 aromatic carbocycles. The van der Waals surface area contributed by atoms with E-state index in [2.05, 4.69) is 12.8 Å². The molecule has 6 heavy (non-hydrogen) atoms. The van der Waals surface area contributed by atoms with E-state index in [4.69, 9.17) is 0 Å². The molecule has 0 amide bonds. The quantitative estimate of drug-likeness (QED) is 0.449. The first-order valence-electron chi connectivity index (χ1n) is 1.75. The number of nitrogens with zero attached hydrogens (tertiary/aromatic N) is 1. The summed E-state index contributed by atoms with van der Waals surface area (Å²) in [6.45, 7) is 0. The highest BCUT2D eigenvalue weighted by molar-refractivity contribution is 4.09. The van der Waals surface area contributed by atoms with Crippen molar-refractivity contribution >= 4 is 0 Å². The van der Waals surface area contributed by atoms with E-state index in [1.807, 2.05) is 26.0 Å². The van der Waals surface area contributed by atoms with Crippen molar-refractivity contribution in [3.63, 3.8) is 0 Å². The second-order valence-electron chi connectivity index (χ2n) is 1.34. The van der Waals surface area contributed by atoms with Gasteiger partial charge in [0.1, 0.15) is 0 Å². The largest absolute Gasteiger partial charge is 0.329 e. The molecule has 0 aliphatic carbocycles. The molecule has 0 saturated heterocycles. The first-order chi connectivity index (χ1) is 2.73. The van der Waals surface area contributed by atoms with Crippen LogP contribution in [0.3, 0.4) is 0 Å². The Morgan fingerprint density at radius 2 is 1.17 bits per heavy atom. The minimum atomic E-state index is 2.00. The van der Waals surface area contributed by atoms with Gasteiger partial charge in [-0.3, -0.25) is 0 Å².